The number of carboxylic acid groups (broad SMARTS) is 1. The number of carbonyl (C=O) groups is 1. The maximum absolute atomic E-state index is 11.5. The van der Waals surface area contributed by atoms with E-state index in [9.17, 15) is 9.90 Å². The molecule has 2 heterocycles. The molecule has 0 unspecified atom stereocenters. The Hall–Kier alpha value is -2.53. The number of hydrogen-bond donors (Lipinski definition) is 2. The smallest absolute Gasteiger partial charge is 0.356 e. The molecule has 3 aromatic rings. The largest absolute Gasteiger partial charge is 0.476 e. The summed E-state index contributed by atoms with van der Waals surface area (Å²) in [5.74, 6) is -0.793. The van der Waals surface area contributed by atoms with Crippen LogP contribution in [0.2, 0.25) is 5.02 Å². The van der Waals surface area contributed by atoms with Crippen molar-refractivity contribution in [1.29, 1.82) is 0 Å². The van der Waals surface area contributed by atoms with E-state index >= 15 is 0 Å². The molecular weight excluding hydrogens is 290 g/mol. The summed E-state index contributed by atoms with van der Waals surface area (Å²) in [4.78, 5) is 15.8. The highest BCUT2D eigenvalue weighted by Gasteiger charge is 2.19. The van der Waals surface area contributed by atoms with Gasteiger partial charge in [0.25, 0.3) is 0 Å². The topological polar surface area (TPSA) is 66.6 Å². The number of imidazole rings is 1. The van der Waals surface area contributed by atoms with Crippen LogP contribution in [0.5, 0.6) is 0 Å². The Morgan fingerprint density at radius 1 is 1.33 bits per heavy atom. The van der Waals surface area contributed by atoms with Gasteiger partial charge in [0.15, 0.2) is 11.5 Å². The van der Waals surface area contributed by atoms with E-state index in [2.05, 4.69) is 10.3 Å². The van der Waals surface area contributed by atoms with E-state index in [0.29, 0.717) is 16.4 Å². The van der Waals surface area contributed by atoms with E-state index in [0.717, 1.165) is 5.56 Å². The average molecular weight is 302 g/mol. The first-order valence-corrected chi connectivity index (χ1v) is 6.67. The van der Waals surface area contributed by atoms with Crippen molar-refractivity contribution in [2.24, 2.45) is 0 Å². The van der Waals surface area contributed by atoms with Crippen LogP contribution in [0, 0.1) is 6.92 Å². The van der Waals surface area contributed by atoms with Crippen LogP contribution in [0.15, 0.2) is 42.6 Å². The van der Waals surface area contributed by atoms with Crippen LogP contribution in [0.3, 0.4) is 0 Å². The van der Waals surface area contributed by atoms with Crippen molar-refractivity contribution < 1.29 is 9.90 Å². The van der Waals surface area contributed by atoms with Gasteiger partial charge in [0.05, 0.1) is 10.7 Å². The van der Waals surface area contributed by atoms with Crippen molar-refractivity contribution in [2.45, 2.75) is 6.92 Å². The first-order chi connectivity index (χ1) is 10.1. The minimum absolute atomic E-state index is 0.0715. The Balaban J connectivity index is 2.12. The van der Waals surface area contributed by atoms with Gasteiger partial charge in [-0.05, 0) is 36.8 Å². The minimum atomic E-state index is -1.06. The zero-order valence-electron chi connectivity index (χ0n) is 11.2. The highest BCUT2D eigenvalue weighted by molar-refractivity contribution is 6.33. The van der Waals surface area contributed by atoms with Gasteiger partial charge in [0.2, 0.25) is 0 Å². The Morgan fingerprint density at radius 3 is 2.86 bits per heavy atom. The molecule has 1 aromatic carbocycles. The van der Waals surface area contributed by atoms with Crippen molar-refractivity contribution >= 4 is 34.7 Å². The quantitative estimate of drug-likeness (QED) is 0.773. The molecule has 6 heteroatoms. The number of rotatable bonds is 3. The van der Waals surface area contributed by atoms with Gasteiger partial charge in [-0.1, -0.05) is 23.7 Å². The third-order valence-corrected chi connectivity index (χ3v) is 3.42. The lowest BCUT2D eigenvalue weighted by atomic mass is 10.2. The second-order valence-electron chi connectivity index (χ2n) is 4.65. The van der Waals surface area contributed by atoms with E-state index in [-0.39, 0.29) is 11.5 Å². The highest BCUT2D eigenvalue weighted by Crippen LogP contribution is 2.28. The number of carboxylic acids is 1. The van der Waals surface area contributed by atoms with Gasteiger partial charge < -0.3 is 10.4 Å². The fourth-order valence-corrected chi connectivity index (χ4v) is 2.42. The fraction of sp³-hybridized carbons (Fsp3) is 0.0667. The van der Waals surface area contributed by atoms with E-state index in [4.69, 9.17) is 11.6 Å². The number of pyridine rings is 1. The summed E-state index contributed by atoms with van der Waals surface area (Å²) in [6.07, 6.45) is 1.66. The summed E-state index contributed by atoms with van der Waals surface area (Å²) in [5, 5.41) is 12.9. The zero-order valence-corrected chi connectivity index (χ0v) is 11.9. The zero-order chi connectivity index (χ0) is 15.0. The third-order valence-electron chi connectivity index (χ3n) is 3.11. The van der Waals surface area contributed by atoms with Crippen molar-refractivity contribution in [3.63, 3.8) is 0 Å². The van der Waals surface area contributed by atoms with Crippen LogP contribution in [0.25, 0.3) is 5.65 Å². The van der Waals surface area contributed by atoms with Gasteiger partial charge in [-0.3, -0.25) is 4.40 Å². The summed E-state index contributed by atoms with van der Waals surface area (Å²) in [7, 11) is 0. The molecule has 0 aliphatic carbocycles. The molecule has 106 valence electrons. The first-order valence-electron chi connectivity index (χ1n) is 6.30. The highest BCUT2D eigenvalue weighted by atomic mass is 35.5. The third kappa shape index (κ3) is 2.43. The summed E-state index contributed by atoms with van der Waals surface area (Å²) < 4.78 is 1.52. The number of aromatic carboxylic acids is 1. The van der Waals surface area contributed by atoms with Crippen molar-refractivity contribution in [3.8, 4) is 0 Å². The Bertz CT molecular complexity index is 842. The SMILES string of the molecule is Cc1ccc(Nc2nc3ccccn3c2C(=O)O)c(Cl)c1. The molecule has 0 aliphatic heterocycles. The Kier molecular flexibility index (Phi) is 3.27. The van der Waals surface area contributed by atoms with Crippen LogP contribution in [-0.2, 0) is 0 Å². The molecule has 0 spiro atoms. The van der Waals surface area contributed by atoms with Crippen LogP contribution in [0.4, 0.5) is 11.5 Å². The van der Waals surface area contributed by atoms with Crippen molar-refractivity contribution in [1.82, 2.24) is 9.38 Å². The second-order valence-corrected chi connectivity index (χ2v) is 5.06. The summed E-state index contributed by atoms with van der Waals surface area (Å²) in [5.41, 5.74) is 2.27. The van der Waals surface area contributed by atoms with Gasteiger partial charge in [0, 0.05) is 6.20 Å². The monoisotopic (exact) mass is 301 g/mol. The van der Waals surface area contributed by atoms with Gasteiger partial charge in [-0.15, -0.1) is 0 Å². The van der Waals surface area contributed by atoms with Crippen molar-refractivity contribution in [2.75, 3.05) is 5.32 Å². The second kappa shape index (κ2) is 5.10. The predicted molar refractivity (Wildman–Crippen MR) is 81.6 cm³/mol. The van der Waals surface area contributed by atoms with Crippen LogP contribution in [-0.4, -0.2) is 20.5 Å². The summed E-state index contributed by atoms with van der Waals surface area (Å²) >= 11 is 6.17. The van der Waals surface area contributed by atoms with E-state index in [1.807, 2.05) is 13.0 Å². The molecule has 5 nitrogen and oxygen atoms in total. The van der Waals surface area contributed by atoms with Crippen LogP contribution < -0.4 is 5.32 Å². The molecular formula is C15H12ClN3O2. The number of fused-ring (bicyclic) bond motifs is 1. The van der Waals surface area contributed by atoms with Gasteiger partial charge >= 0.3 is 5.97 Å². The molecule has 0 saturated heterocycles. The van der Waals surface area contributed by atoms with Crippen molar-refractivity contribution in [3.05, 3.63) is 58.9 Å². The standard InChI is InChI=1S/C15H12ClN3O2/c1-9-5-6-11(10(16)8-9)17-14-13(15(20)21)19-7-3-2-4-12(19)18-14/h2-8,17H,1H3,(H,20,21). The van der Waals surface area contributed by atoms with E-state index in [1.54, 1.807) is 36.5 Å². The molecule has 2 N–H and O–H groups in total. The molecule has 21 heavy (non-hydrogen) atoms. The number of halogens is 1. The molecule has 0 atom stereocenters. The fourth-order valence-electron chi connectivity index (χ4n) is 2.14. The molecule has 0 fully saturated rings. The number of benzene rings is 1. The van der Waals surface area contributed by atoms with Crippen LogP contribution >= 0.6 is 11.6 Å². The summed E-state index contributed by atoms with van der Waals surface area (Å²) in [6.45, 7) is 1.93. The first kappa shape index (κ1) is 13.5. The number of aryl methyl sites for hydroxylation is 1. The minimum Gasteiger partial charge on any atom is -0.476 e. The lowest BCUT2D eigenvalue weighted by Crippen LogP contribution is -2.05. The lowest BCUT2D eigenvalue weighted by molar-refractivity contribution is 0.0690. The maximum atomic E-state index is 11.5. The number of nitrogens with one attached hydrogen (secondary N) is 1. The molecule has 0 saturated carbocycles. The van der Waals surface area contributed by atoms with E-state index < -0.39 is 5.97 Å². The van der Waals surface area contributed by atoms with Gasteiger partial charge in [-0.25, -0.2) is 9.78 Å². The summed E-state index contributed by atoms with van der Waals surface area (Å²) in [6, 6.07) is 10.8. The number of aromatic nitrogens is 2. The maximum Gasteiger partial charge on any atom is 0.356 e. The van der Waals surface area contributed by atoms with Gasteiger partial charge in [0.1, 0.15) is 5.65 Å². The Labute approximate surface area is 125 Å². The Morgan fingerprint density at radius 2 is 2.14 bits per heavy atom. The van der Waals surface area contributed by atoms with Gasteiger partial charge in [-0.2, -0.15) is 0 Å². The lowest BCUT2D eigenvalue weighted by Gasteiger charge is -2.07. The molecule has 0 radical (unpaired) electrons. The average Bonchev–Trinajstić information content (AvgIpc) is 2.80. The molecule has 2 aromatic heterocycles. The normalized spacial score (nSPS) is 10.8. The number of hydrogen-bond acceptors (Lipinski definition) is 3. The molecule has 0 amide bonds. The predicted octanol–water partition coefficient (Wildman–Crippen LogP) is 3.74. The number of anilines is 2. The van der Waals surface area contributed by atoms with Crippen LogP contribution in [0.1, 0.15) is 16.1 Å². The number of nitrogens with zero attached hydrogens (tertiary/aromatic N) is 2. The molecule has 3 rings (SSSR count). The van der Waals surface area contributed by atoms with E-state index in [1.165, 1.54) is 4.40 Å². The molecule has 0 bridgehead atoms. The molecule has 0 aliphatic rings.